The largest absolute Gasteiger partial charge is 0.505 e. The van der Waals surface area contributed by atoms with Crippen LogP contribution >= 0.6 is 0 Å². The van der Waals surface area contributed by atoms with Crippen molar-refractivity contribution in [3.05, 3.63) is 60.7 Å². The van der Waals surface area contributed by atoms with Crippen LogP contribution in [0.2, 0.25) is 0 Å². The molecule has 3 rings (SSSR count). The second-order valence-electron chi connectivity index (χ2n) is 5.66. The van der Waals surface area contributed by atoms with Crippen LogP contribution in [0.15, 0.2) is 55.0 Å². The number of pyridine rings is 1. The third kappa shape index (κ3) is 4.10. The summed E-state index contributed by atoms with van der Waals surface area (Å²) < 4.78 is 1.67. The highest BCUT2D eigenvalue weighted by Gasteiger charge is 2.18. The molecular formula is C18H16N4O5. The first-order valence-electron chi connectivity index (χ1n) is 7.94. The van der Waals surface area contributed by atoms with Crippen molar-refractivity contribution in [2.24, 2.45) is 0 Å². The lowest BCUT2D eigenvalue weighted by molar-refractivity contribution is -0.146. The number of aliphatic hydroxyl groups excluding tert-OH is 1. The van der Waals surface area contributed by atoms with Gasteiger partial charge in [0, 0.05) is 23.5 Å². The van der Waals surface area contributed by atoms with E-state index in [0.717, 1.165) is 5.69 Å². The van der Waals surface area contributed by atoms with Crippen LogP contribution in [0.25, 0.3) is 16.8 Å². The normalized spacial score (nSPS) is 11.7. The van der Waals surface area contributed by atoms with Crippen molar-refractivity contribution in [2.45, 2.75) is 6.10 Å². The van der Waals surface area contributed by atoms with Crippen LogP contribution in [-0.2, 0) is 4.79 Å². The van der Waals surface area contributed by atoms with Crippen LogP contribution in [0, 0.1) is 0 Å². The van der Waals surface area contributed by atoms with Gasteiger partial charge in [-0.25, -0.2) is 14.5 Å². The maximum atomic E-state index is 12.0. The van der Waals surface area contributed by atoms with E-state index < -0.39 is 24.5 Å². The van der Waals surface area contributed by atoms with Gasteiger partial charge >= 0.3 is 5.97 Å². The monoisotopic (exact) mass is 368 g/mol. The molecule has 0 aliphatic carbocycles. The van der Waals surface area contributed by atoms with Gasteiger partial charge in [-0.2, -0.15) is 5.10 Å². The fourth-order valence-electron chi connectivity index (χ4n) is 2.34. The van der Waals surface area contributed by atoms with E-state index in [0.29, 0.717) is 11.1 Å². The molecule has 138 valence electrons. The van der Waals surface area contributed by atoms with Gasteiger partial charge < -0.3 is 20.6 Å². The molecule has 1 amide bonds. The lowest BCUT2D eigenvalue weighted by Gasteiger charge is -2.09. The molecule has 0 bridgehead atoms. The number of para-hydroxylation sites is 1. The first-order chi connectivity index (χ1) is 13.0. The number of nitrogens with zero attached hydrogens (tertiary/aromatic N) is 3. The third-order valence-corrected chi connectivity index (χ3v) is 3.76. The number of aromatic hydroxyl groups is 1. The first-order valence-corrected chi connectivity index (χ1v) is 7.94. The Kier molecular flexibility index (Phi) is 5.13. The fourth-order valence-corrected chi connectivity index (χ4v) is 2.34. The second kappa shape index (κ2) is 7.67. The Morgan fingerprint density at radius 1 is 1.15 bits per heavy atom. The standard InChI is InChI=1S/C18H16N4O5/c23-14-6-11(7-19-16(14)17(25)20-9-15(24)18(26)27)12-8-21-22(10-12)13-4-2-1-3-5-13/h1-8,10,15,23-24H,9H2,(H,20,25)(H,26,27)/t15-/m1/s1. The van der Waals surface area contributed by atoms with Gasteiger partial charge in [0.2, 0.25) is 0 Å². The smallest absolute Gasteiger partial charge is 0.334 e. The fraction of sp³-hybridized carbons (Fsp3) is 0.111. The summed E-state index contributed by atoms with van der Waals surface area (Å²) >= 11 is 0. The molecule has 9 nitrogen and oxygen atoms in total. The van der Waals surface area contributed by atoms with Gasteiger partial charge in [-0.3, -0.25) is 4.79 Å². The van der Waals surface area contributed by atoms with Crippen LogP contribution in [0.1, 0.15) is 10.5 Å². The van der Waals surface area contributed by atoms with E-state index in [1.54, 1.807) is 17.1 Å². The highest BCUT2D eigenvalue weighted by molar-refractivity contribution is 5.95. The average Bonchev–Trinajstić information content (AvgIpc) is 3.16. The van der Waals surface area contributed by atoms with E-state index in [1.807, 2.05) is 30.3 Å². The first kappa shape index (κ1) is 18.1. The zero-order valence-corrected chi connectivity index (χ0v) is 14.0. The van der Waals surface area contributed by atoms with Crippen LogP contribution in [0.3, 0.4) is 0 Å². The molecule has 9 heteroatoms. The molecule has 0 aliphatic heterocycles. The zero-order valence-electron chi connectivity index (χ0n) is 14.0. The summed E-state index contributed by atoms with van der Waals surface area (Å²) in [5.41, 5.74) is 1.84. The van der Waals surface area contributed by atoms with E-state index in [-0.39, 0.29) is 11.4 Å². The average molecular weight is 368 g/mol. The molecule has 1 aromatic carbocycles. The van der Waals surface area contributed by atoms with Crippen molar-refractivity contribution >= 4 is 11.9 Å². The van der Waals surface area contributed by atoms with E-state index >= 15 is 0 Å². The highest BCUT2D eigenvalue weighted by atomic mass is 16.4. The molecule has 0 unspecified atom stereocenters. The van der Waals surface area contributed by atoms with E-state index in [4.69, 9.17) is 5.11 Å². The molecule has 2 heterocycles. The summed E-state index contributed by atoms with van der Waals surface area (Å²) in [6, 6.07) is 10.8. The van der Waals surface area contributed by atoms with Crippen LogP contribution < -0.4 is 5.32 Å². The number of carbonyl (C=O) groups excluding carboxylic acids is 1. The quantitative estimate of drug-likeness (QED) is 0.505. The van der Waals surface area contributed by atoms with Crippen molar-refractivity contribution in [3.63, 3.8) is 0 Å². The summed E-state index contributed by atoms with van der Waals surface area (Å²) in [6.07, 6.45) is 3.02. The molecule has 0 radical (unpaired) electrons. The molecule has 0 aliphatic rings. The summed E-state index contributed by atoms with van der Waals surface area (Å²) in [5.74, 6) is -2.63. The molecular weight excluding hydrogens is 352 g/mol. The molecule has 1 atom stereocenters. The van der Waals surface area contributed by atoms with Crippen molar-refractivity contribution in [2.75, 3.05) is 6.54 Å². The molecule has 0 spiro atoms. The van der Waals surface area contributed by atoms with E-state index in [9.17, 15) is 19.8 Å². The van der Waals surface area contributed by atoms with Gasteiger partial charge in [0.15, 0.2) is 11.8 Å². The van der Waals surface area contributed by atoms with Crippen molar-refractivity contribution < 1.29 is 24.9 Å². The van der Waals surface area contributed by atoms with Crippen LogP contribution in [0.4, 0.5) is 0 Å². The Morgan fingerprint density at radius 3 is 2.56 bits per heavy atom. The second-order valence-corrected chi connectivity index (χ2v) is 5.66. The van der Waals surface area contributed by atoms with Gasteiger partial charge in [-0.05, 0) is 18.2 Å². The van der Waals surface area contributed by atoms with E-state index in [2.05, 4.69) is 15.4 Å². The number of benzene rings is 1. The minimum atomic E-state index is -1.74. The molecule has 27 heavy (non-hydrogen) atoms. The molecule has 0 fully saturated rings. The lowest BCUT2D eigenvalue weighted by Crippen LogP contribution is -2.36. The minimum absolute atomic E-state index is 0.271. The van der Waals surface area contributed by atoms with Gasteiger partial charge in [-0.15, -0.1) is 0 Å². The molecule has 3 aromatic rings. The van der Waals surface area contributed by atoms with Crippen molar-refractivity contribution in [3.8, 4) is 22.6 Å². The van der Waals surface area contributed by atoms with Gasteiger partial charge in [0.05, 0.1) is 18.4 Å². The van der Waals surface area contributed by atoms with Crippen molar-refractivity contribution in [1.82, 2.24) is 20.1 Å². The Balaban J connectivity index is 1.76. The Hall–Kier alpha value is -3.72. The summed E-state index contributed by atoms with van der Waals surface area (Å²) in [4.78, 5) is 26.5. The molecule has 0 saturated carbocycles. The maximum absolute atomic E-state index is 12.0. The predicted molar refractivity (Wildman–Crippen MR) is 94.4 cm³/mol. The molecule has 0 saturated heterocycles. The summed E-state index contributed by atoms with van der Waals surface area (Å²) in [5, 5.41) is 34.3. The van der Waals surface area contributed by atoms with E-state index in [1.165, 1.54) is 12.3 Å². The van der Waals surface area contributed by atoms with Crippen LogP contribution in [0.5, 0.6) is 5.75 Å². The number of aliphatic hydroxyl groups is 1. The lowest BCUT2D eigenvalue weighted by atomic mass is 10.1. The zero-order chi connectivity index (χ0) is 19.4. The number of carboxylic acids is 1. The van der Waals surface area contributed by atoms with Crippen LogP contribution in [-0.4, -0.2) is 54.6 Å². The number of hydrogen-bond donors (Lipinski definition) is 4. The van der Waals surface area contributed by atoms with Gasteiger partial charge in [-0.1, -0.05) is 18.2 Å². The number of aromatic nitrogens is 3. The molecule has 4 N–H and O–H groups in total. The number of aliphatic carboxylic acids is 1. The van der Waals surface area contributed by atoms with Gasteiger partial charge in [0.25, 0.3) is 5.91 Å². The SMILES string of the molecule is O=C(NC[C@@H](O)C(=O)O)c1ncc(-c2cnn(-c3ccccc3)c2)cc1O. The van der Waals surface area contributed by atoms with Crippen molar-refractivity contribution in [1.29, 1.82) is 0 Å². The Labute approximate surface area is 153 Å². The number of rotatable bonds is 6. The Morgan fingerprint density at radius 2 is 1.89 bits per heavy atom. The van der Waals surface area contributed by atoms with Gasteiger partial charge in [0.1, 0.15) is 5.75 Å². The minimum Gasteiger partial charge on any atom is -0.505 e. The predicted octanol–water partition coefficient (Wildman–Crippen LogP) is 0.815. The highest BCUT2D eigenvalue weighted by Crippen LogP contribution is 2.25. The third-order valence-electron chi connectivity index (χ3n) is 3.76. The topological polar surface area (TPSA) is 138 Å². The number of nitrogens with one attached hydrogen (secondary N) is 1. The summed E-state index contributed by atoms with van der Waals surface area (Å²) in [6.45, 7) is -0.499. The summed E-state index contributed by atoms with van der Waals surface area (Å²) in [7, 11) is 0. The maximum Gasteiger partial charge on any atom is 0.334 e. The number of amides is 1. The number of carboxylic acid groups (broad SMARTS) is 1. The number of hydrogen-bond acceptors (Lipinski definition) is 6. The Bertz CT molecular complexity index is 971. The number of carbonyl (C=O) groups is 2. The molecule has 2 aromatic heterocycles.